The second kappa shape index (κ2) is 5.15. The average molecular weight is 348 g/mol. The van der Waals surface area contributed by atoms with E-state index in [1.54, 1.807) is 0 Å². The van der Waals surface area contributed by atoms with Crippen molar-refractivity contribution in [1.82, 2.24) is 0 Å². The molecule has 0 fully saturated rings. The highest BCUT2D eigenvalue weighted by Crippen LogP contribution is 2.25. The highest BCUT2D eigenvalue weighted by atomic mass is 79.9. The van der Waals surface area contributed by atoms with Crippen LogP contribution in [0.15, 0.2) is 6.07 Å². The van der Waals surface area contributed by atoms with Crippen molar-refractivity contribution in [2.24, 2.45) is 0 Å². The summed E-state index contributed by atoms with van der Waals surface area (Å²) >= 11 is 3.46. The zero-order chi connectivity index (χ0) is 11.0. The van der Waals surface area contributed by atoms with Gasteiger partial charge in [-0.15, -0.1) is 0 Å². The van der Waals surface area contributed by atoms with Gasteiger partial charge in [-0.25, -0.2) is 0 Å². The fourth-order valence-corrected chi connectivity index (χ4v) is 2.48. The lowest BCUT2D eigenvalue weighted by atomic mass is 10.1. The van der Waals surface area contributed by atoms with Crippen LogP contribution in [0.2, 0.25) is 0 Å². The van der Waals surface area contributed by atoms with Crippen molar-refractivity contribution in [3.8, 4) is 11.9 Å². The second-order valence-electron chi connectivity index (χ2n) is 3.75. The Morgan fingerprint density at radius 2 is 2.31 bits per heavy atom. The van der Waals surface area contributed by atoms with Gasteiger partial charge >= 0.3 is 5.88 Å². The highest BCUT2D eigenvalue weighted by Gasteiger charge is 2.36. The quantitative estimate of drug-likeness (QED) is 0.472. The van der Waals surface area contributed by atoms with Gasteiger partial charge < -0.3 is 21.7 Å². The van der Waals surface area contributed by atoms with E-state index >= 15 is 0 Å². The number of aromatic nitrogens is 1. The van der Waals surface area contributed by atoms with Gasteiger partial charge in [0.2, 0.25) is 6.04 Å². The Hall–Kier alpha value is -0.600. The molecule has 1 atom stereocenters. The summed E-state index contributed by atoms with van der Waals surface area (Å²) in [5, 5.41) is 9.92. The molecule has 16 heavy (non-hydrogen) atoms. The summed E-state index contributed by atoms with van der Waals surface area (Å²) in [7, 11) is 0. The summed E-state index contributed by atoms with van der Waals surface area (Å²) in [6, 6.07) is 4.54. The average Bonchev–Trinajstić information content (AvgIpc) is 2.62. The molecule has 1 aromatic rings. The summed E-state index contributed by atoms with van der Waals surface area (Å²) < 4.78 is 7.69. The summed E-state index contributed by atoms with van der Waals surface area (Å²) in [4.78, 5) is 0. The Morgan fingerprint density at radius 3 is 2.88 bits per heavy atom. The van der Waals surface area contributed by atoms with E-state index in [4.69, 9.17) is 10.00 Å². The fraction of sp³-hybridized carbons (Fsp3) is 0.455. The standard InChI is InChI=1S/C11H12BrN2O.BrH/c1-7-3-8(2)14-9(4-12)6-15-11(14)10(7)5-13;/h3,9H,4,6H2,1-2H3;1H/q+1;/p-1. The molecule has 5 heteroatoms. The van der Waals surface area contributed by atoms with Gasteiger partial charge in [-0.05, 0) is 12.5 Å². The van der Waals surface area contributed by atoms with E-state index < -0.39 is 0 Å². The van der Waals surface area contributed by atoms with Crippen molar-refractivity contribution in [3.63, 3.8) is 0 Å². The Balaban J connectivity index is 0.00000128. The van der Waals surface area contributed by atoms with Crippen molar-refractivity contribution < 1.29 is 26.3 Å². The molecule has 0 saturated carbocycles. The summed E-state index contributed by atoms with van der Waals surface area (Å²) in [6.45, 7) is 4.63. The minimum atomic E-state index is 0. The van der Waals surface area contributed by atoms with Crippen LogP contribution in [0.25, 0.3) is 0 Å². The third-order valence-electron chi connectivity index (χ3n) is 2.70. The van der Waals surface area contributed by atoms with Crippen LogP contribution in [0.4, 0.5) is 0 Å². The van der Waals surface area contributed by atoms with E-state index in [0.717, 1.165) is 22.5 Å². The van der Waals surface area contributed by atoms with E-state index in [0.29, 0.717) is 18.2 Å². The number of hydrogen-bond acceptors (Lipinski definition) is 2. The first-order chi connectivity index (χ1) is 7.19. The van der Waals surface area contributed by atoms with Gasteiger partial charge in [0, 0.05) is 13.0 Å². The lowest BCUT2D eigenvalue weighted by Crippen LogP contribution is -3.00. The number of rotatable bonds is 1. The minimum absolute atomic E-state index is 0. The molecule has 0 aromatic carbocycles. The molecule has 2 rings (SSSR count). The number of aryl methyl sites for hydroxylation is 2. The summed E-state index contributed by atoms with van der Waals surface area (Å²) in [5.41, 5.74) is 2.78. The number of fused-ring (bicyclic) bond motifs is 1. The molecule has 0 spiro atoms. The zero-order valence-corrected chi connectivity index (χ0v) is 12.3. The Kier molecular flexibility index (Phi) is 4.34. The van der Waals surface area contributed by atoms with Crippen LogP contribution in [-0.2, 0) is 0 Å². The van der Waals surface area contributed by atoms with Crippen LogP contribution in [0.5, 0.6) is 5.88 Å². The number of alkyl halides is 1. The highest BCUT2D eigenvalue weighted by molar-refractivity contribution is 9.09. The molecule has 1 aromatic heterocycles. The predicted molar refractivity (Wildman–Crippen MR) is 59.2 cm³/mol. The smallest absolute Gasteiger partial charge is 0.387 e. The van der Waals surface area contributed by atoms with Gasteiger partial charge in [0.05, 0.1) is 5.33 Å². The molecular weight excluding hydrogens is 336 g/mol. The van der Waals surface area contributed by atoms with Gasteiger partial charge in [-0.2, -0.15) is 9.83 Å². The maximum atomic E-state index is 9.08. The lowest BCUT2D eigenvalue weighted by Gasteiger charge is -2.04. The molecule has 0 amide bonds. The molecule has 1 aliphatic heterocycles. The zero-order valence-electron chi connectivity index (χ0n) is 9.13. The maximum Gasteiger partial charge on any atom is 0.387 e. The van der Waals surface area contributed by atoms with Gasteiger partial charge in [-0.3, -0.25) is 0 Å². The molecule has 0 aliphatic carbocycles. The van der Waals surface area contributed by atoms with Gasteiger partial charge in [0.1, 0.15) is 6.07 Å². The minimum Gasteiger partial charge on any atom is -1.00 e. The number of ether oxygens (including phenoxy) is 1. The first-order valence-electron chi connectivity index (χ1n) is 4.83. The van der Waals surface area contributed by atoms with Crippen molar-refractivity contribution >= 4 is 15.9 Å². The molecule has 1 unspecified atom stereocenters. The van der Waals surface area contributed by atoms with E-state index in [2.05, 4.69) is 26.6 Å². The van der Waals surface area contributed by atoms with Gasteiger partial charge in [0.15, 0.2) is 17.9 Å². The van der Waals surface area contributed by atoms with E-state index in [-0.39, 0.29) is 17.0 Å². The van der Waals surface area contributed by atoms with Crippen molar-refractivity contribution in [2.45, 2.75) is 19.9 Å². The molecule has 1 aliphatic rings. The monoisotopic (exact) mass is 346 g/mol. The Bertz CT molecular complexity index is 454. The van der Waals surface area contributed by atoms with Crippen LogP contribution in [0, 0.1) is 25.2 Å². The molecule has 2 heterocycles. The second-order valence-corrected chi connectivity index (χ2v) is 4.40. The molecule has 3 nitrogen and oxygen atoms in total. The molecule has 0 saturated heterocycles. The van der Waals surface area contributed by atoms with Crippen molar-refractivity contribution in [2.75, 3.05) is 11.9 Å². The SMILES string of the molecule is Cc1cc(C)[n+]2c(c1C#N)OCC2CBr.[Br-]. The van der Waals surface area contributed by atoms with Gasteiger partial charge in [0.25, 0.3) is 0 Å². The number of pyridine rings is 1. The third kappa shape index (κ3) is 1.96. The number of hydrogen-bond donors (Lipinski definition) is 0. The van der Waals surface area contributed by atoms with Crippen molar-refractivity contribution in [1.29, 1.82) is 5.26 Å². The van der Waals surface area contributed by atoms with E-state index in [9.17, 15) is 0 Å². The predicted octanol–water partition coefficient (Wildman–Crippen LogP) is -1.20. The van der Waals surface area contributed by atoms with Gasteiger partial charge in [-0.1, -0.05) is 15.9 Å². The molecule has 86 valence electrons. The summed E-state index contributed by atoms with van der Waals surface area (Å²) in [5.74, 6) is 0.722. The third-order valence-corrected chi connectivity index (χ3v) is 3.45. The van der Waals surface area contributed by atoms with E-state index in [1.807, 2.05) is 19.9 Å². The number of nitrogens with zero attached hydrogens (tertiary/aromatic N) is 2. The lowest BCUT2D eigenvalue weighted by molar-refractivity contribution is -0.706. The Morgan fingerprint density at radius 1 is 1.62 bits per heavy atom. The van der Waals surface area contributed by atoms with Crippen LogP contribution < -0.4 is 26.3 Å². The first-order valence-corrected chi connectivity index (χ1v) is 5.95. The Labute approximate surface area is 114 Å². The van der Waals surface area contributed by atoms with Crippen LogP contribution in [-0.4, -0.2) is 11.9 Å². The topological polar surface area (TPSA) is 36.9 Å². The molecule has 0 bridgehead atoms. The largest absolute Gasteiger partial charge is 1.00 e. The fourth-order valence-electron chi connectivity index (χ4n) is 2.00. The van der Waals surface area contributed by atoms with Crippen LogP contribution in [0.3, 0.4) is 0 Å². The number of nitriles is 1. The van der Waals surface area contributed by atoms with Crippen LogP contribution in [0.1, 0.15) is 22.9 Å². The van der Waals surface area contributed by atoms with E-state index in [1.165, 1.54) is 0 Å². The van der Waals surface area contributed by atoms with Crippen LogP contribution >= 0.6 is 15.9 Å². The normalized spacial score (nSPS) is 17.0. The molecule has 0 radical (unpaired) electrons. The first kappa shape index (κ1) is 13.5. The summed E-state index contributed by atoms with van der Waals surface area (Å²) in [6.07, 6.45) is 0. The maximum absolute atomic E-state index is 9.08. The number of halogens is 2. The molecular formula is C11H12Br2N2O. The molecule has 0 N–H and O–H groups in total. The van der Waals surface area contributed by atoms with Crippen molar-refractivity contribution in [3.05, 3.63) is 22.9 Å².